The molecule has 2 aliphatic rings. The van der Waals surface area contributed by atoms with Gasteiger partial charge in [-0.25, -0.2) is 0 Å². The Morgan fingerprint density at radius 3 is 2.50 bits per heavy atom. The molecule has 2 fully saturated rings. The van der Waals surface area contributed by atoms with Crippen LogP contribution in [0.1, 0.15) is 30.9 Å². The van der Waals surface area contributed by atoms with E-state index >= 15 is 0 Å². The predicted octanol–water partition coefficient (Wildman–Crippen LogP) is 1.17. The average Bonchev–Trinajstić information content (AvgIpc) is 3.00. The second-order valence-electron chi connectivity index (χ2n) is 5.98. The minimum Gasteiger partial charge on any atom is -0.355 e. The van der Waals surface area contributed by atoms with Crippen LogP contribution in [0.25, 0.3) is 0 Å². The summed E-state index contributed by atoms with van der Waals surface area (Å²) < 4.78 is 0. The number of carbonyl (C=O) groups excluding carboxylic acids is 2. The summed E-state index contributed by atoms with van der Waals surface area (Å²) in [4.78, 5) is 28.7. The summed E-state index contributed by atoms with van der Waals surface area (Å²) in [5, 5.41) is 2.88. The molecule has 0 bridgehead atoms. The quantitative estimate of drug-likeness (QED) is 0.912. The second-order valence-corrected chi connectivity index (χ2v) is 5.98. The highest BCUT2D eigenvalue weighted by Gasteiger charge is 2.33. The van der Waals surface area contributed by atoms with Crippen molar-refractivity contribution >= 4 is 11.8 Å². The molecular weight excluding hydrogens is 278 g/mol. The molecule has 0 aromatic heterocycles. The molecule has 2 aliphatic heterocycles. The van der Waals surface area contributed by atoms with Crippen LogP contribution in [0.3, 0.4) is 0 Å². The average molecular weight is 301 g/mol. The molecule has 2 saturated heterocycles. The number of nitrogens with one attached hydrogen (secondary N) is 1. The van der Waals surface area contributed by atoms with Gasteiger partial charge in [-0.2, -0.15) is 0 Å². The van der Waals surface area contributed by atoms with Crippen LogP contribution in [-0.2, 0) is 9.59 Å². The molecule has 0 unspecified atom stereocenters. The van der Waals surface area contributed by atoms with Crippen LogP contribution in [0, 0.1) is 0 Å². The van der Waals surface area contributed by atoms with E-state index in [2.05, 4.69) is 10.2 Å². The molecule has 0 saturated carbocycles. The summed E-state index contributed by atoms with van der Waals surface area (Å²) in [6, 6.07) is 9.67. The maximum atomic E-state index is 13.0. The third kappa shape index (κ3) is 3.30. The number of carbonyl (C=O) groups is 2. The molecule has 0 aliphatic carbocycles. The minimum atomic E-state index is -0.271. The van der Waals surface area contributed by atoms with Gasteiger partial charge in [-0.15, -0.1) is 0 Å². The third-order valence-corrected chi connectivity index (χ3v) is 4.48. The normalized spacial score (nSPS) is 21.3. The third-order valence-electron chi connectivity index (χ3n) is 4.48. The molecule has 5 heteroatoms. The van der Waals surface area contributed by atoms with Crippen molar-refractivity contribution in [2.45, 2.75) is 25.3 Å². The molecular formula is C17H23N3O2. The summed E-state index contributed by atoms with van der Waals surface area (Å²) in [6.07, 6.45) is 2.64. The molecule has 1 aromatic rings. The monoisotopic (exact) mass is 301 g/mol. The van der Waals surface area contributed by atoms with Crippen LogP contribution >= 0.6 is 0 Å². The Kier molecular flexibility index (Phi) is 4.73. The maximum absolute atomic E-state index is 13.0. The number of hydrogen-bond acceptors (Lipinski definition) is 3. The van der Waals surface area contributed by atoms with E-state index in [0.717, 1.165) is 31.5 Å². The lowest BCUT2D eigenvalue weighted by Gasteiger charge is -2.32. The van der Waals surface area contributed by atoms with E-state index in [9.17, 15) is 9.59 Å². The Morgan fingerprint density at radius 2 is 1.77 bits per heavy atom. The topological polar surface area (TPSA) is 52.7 Å². The number of nitrogens with zero attached hydrogens (tertiary/aromatic N) is 2. The molecule has 2 heterocycles. The highest BCUT2D eigenvalue weighted by molar-refractivity contribution is 5.84. The Bertz CT molecular complexity index is 526. The fraction of sp³-hybridized carbons (Fsp3) is 0.529. The molecule has 2 amide bonds. The molecule has 1 aromatic carbocycles. The maximum Gasteiger partial charge on any atom is 0.244 e. The summed E-state index contributed by atoms with van der Waals surface area (Å²) in [7, 11) is 0. The lowest BCUT2D eigenvalue weighted by Crippen LogP contribution is -2.43. The SMILES string of the molecule is O=C1CCN([C@@H](C(=O)N2CCCC2)c2ccccc2)CCN1. The number of likely N-dealkylation sites (tertiary alicyclic amines) is 1. The van der Waals surface area contributed by atoms with Crippen molar-refractivity contribution in [1.29, 1.82) is 0 Å². The zero-order valence-electron chi connectivity index (χ0n) is 12.8. The highest BCUT2D eigenvalue weighted by atomic mass is 16.2. The van der Waals surface area contributed by atoms with Gasteiger partial charge < -0.3 is 10.2 Å². The second kappa shape index (κ2) is 6.92. The first kappa shape index (κ1) is 15.0. The van der Waals surface area contributed by atoms with Crippen molar-refractivity contribution < 1.29 is 9.59 Å². The Balaban J connectivity index is 1.85. The number of benzene rings is 1. The van der Waals surface area contributed by atoms with Crippen LogP contribution in [0.5, 0.6) is 0 Å². The minimum absolute atomic E-state index is 0.0722. The first-order valence-corrected chi connectivity index (χ1v) is 8.10. The summed E-state index contributed by atoms with van der Waals surface area (Å²) in [6.45, 7) is 3.66. The standard InChI is InChI=1S/C17H23N3O2/c21-15-8-12-19(13-9-18-15)16(14-6-2-1-3-7-14)17(22)20-10-4-5-11-20/h1-3,6-7,16H,4-5,8-13H2,(H,18,21)/t16-/m1/s1. The zero-order valence-corrected chi connectivity index (χ0v) is 12.8. The zero-order chi connectivity index (χ0) is 15.4. The summed E-state index contributed by atoms with van der Waals surface area (Å²) in [5.74, 6) is 0.251. The lowest BCUT2D eigenvalue weighted by atomic mass is 10.0. The number of amides is 2. The van der Waals surface area contributed by atoms with Gasteiger partial charge in [0.25, 0.3) is 0 Å². The Hall–Kier alpha value is -1.88. The van der Waals surface area contributed by atoms with Gasteiger partial charge in [0.2, 0.25) is 11.8 Å². The first-order chi connectivity index (χ1) is 10.8. The van der Waals surface area contributed by atoms with Crippen molar-refractivity contribution in [3.63, 3.8) is 0 Å². The number of rotatable bonds is 3. The summed E-state index contributed by atoms with van der Waals surface area (Å²) in [5.41, 5.74) is 1.02. The number of hydrogen-bond donors (Lipinski definition) is 1. The van der Waals surface area contributed by atoms with Crippen molar-refractivity contribution in [2.75, 3.05) is 32.7 Å². The molecule has 0 radical (unpaired) electrons. The fourth-order valence-corrected chi connectivity index (χ4v) is 3.30. The molecule has 0 spiro atoms. The molecule has 3 rings (SSSR count). The van der Waals surface area contributed by atoms with Crippen molar-refractivity contribution in [2.24, 2.45) is 0 Å². The van der Waals surface area contributed by atoms with Crippen LogP contribution in [0.4, 0.5) is 0 Å². The van der Waals surface area contributed by atoms with E-state index in [-0.39, 0.29) is 17.9 Å². The van der Waals surface area contributed by atoms with Gasteiger partial charge in [0.1, 0.15) is 6.04 Å². The van der Waals surface area contributed by atoms with Crippen LogP contribution in [-0.4, -0.2) is 54.3 Å². The van der Waals surface area contributed by atoms with Gasteiger partial charge in [-0.3, -0.25) is 14.5 Å². The largest absolute Gasteiger partial charge is 0.355 e. The van der Waals surface area contributed by atoms with Gasteiger partial charge in [-0.1, -0.05) is 30.3 Å². The molecule has 118 valence electrons. The molecule has 1 atom stereocenters. The molecule has 5 nitrogen and oxygen atoms in total. The highest BCUT2D eigenvalue weighted by Crippen LogP contribution is 2.25. The lowest BCUT2D eigenvalue weighted by molar-refractivity contribution is -0.136. The first-order valence-electron chi connectivity index (χ1n) is 8.10. The van der Waals surface area contributed by atoms with Gasteiger partial charge in [0, 0.05) is 39.1 Å². The Labute approximate surface area is 131 Å². The van der Waals surface area contributed by atoms with Crippen molar-refractivity contribution in [3.8, 4) is 0 Å². The van der Waals surface area contributed by atoms with E-state index in [0.29, 0.717) is 26.1 Å². The smallest absolute Gasteiger partial charge is 0.244 e. The Morgan fingerprint density at radius 1 is 1.05 bits per heavy atom. The van der Waals surface area contributed by atoms with E-state index in [4.69, 9.17) is 0 Å². The molecule has 22 heavy (non-hydrogen) atoms. The summed E-state index contributed by atoms with van der Waals surface area (Å²) >= 11 is 0. The fourth-order valence-electron chi connectivity index (χ4n) is 3.30. The van der Waals surface area contributed by atoms with E-state index in [1.165, 1.54) is 0 Å². The van der Waals surface area contributed by atoms with Crippen molar-refractivity contribution in [3.05, 3.63) is 35.9 Å². The van der Waals surface area contributed by atoms with Crippen molar-refractivity contribution in [1.82, 2.24) is 15.1 Å². The van der Waals surface area contributed by atoms with Gasteiger partial charge >= 0.3 is 0 Å². The van der Waals surface area contributed by atoms with Crippen LogP contribution in [0.2, 0.25) is 0 Å². The van der Waals surface area contributed by atoms with E-state index < -0.39 is 0 Å². The predicted molar refractivity (Wildman–Crippen MR) is 84.2 cm³/mol. The van der Waals surface area contributed by atoms with E-state index in [1.807, 2.05) is 35.2 Å². The van der Waals surface area contributed by atoms with Gasteiger partial charge in [-0.05, 0) is 18.4 Å². The van der Waals surface area contributed by atoms with Gasteiger partial charge in [0.05, 0.1) is 0 Å². The van der Waals surface area contributed by atoms with Gasteiger partial charge in [0.15, 0.2) is 0 Å². The molecule has 1 N–H and O–H groups in total. The van der Waals surface area contributed by atoms with E-state index in [1.54, 1.807) is 0 Å². The van der Waals surface area contributed by atoms with Crippen LogP contribution < -0.4 is 5.32 Å². The van der Waals surface area contributed by atoms with Crippen LogP contribution in [0.15, 0.2) is 30.3 Å².